The van der Waals surface area contributed by atoms with Crippen molar-refractivity contribution < 1.29 is 22.7 Å². The molecule has 1 heterocycles. The lowest BCUT2D eigenvalue weighted by molar-refractivity contribution is 0.147. The van der Waals surface area contributed by atoms with Gasteiger partial charge in [-0.2, -0.15) is 0 Å². The molecule has 1 saturated heterocycles. The average molecular weight is 343 g/mol. The first-order valence-electron chi connectivity index (χ1n) is 6.94. The molecular weight excluding hydrogens is 324 g/mol. The summed E-state index contributed by atoms with van der Waals surface area (Å²) in [5.74, 6) is -5.49. The van der Waals surface area contributed by atoms with Crippen molar-refractivity contribution in [3.8, 4) is 0 Å². The van der Waals surface area contributed by atoms with Gasteiger partial charge in [-0.15, -0.1) is 12.4 Å². The van der Waals surface area contributed by atoms with Gasteiger partial charge in [0.05, 0.1) is 0 Å². The van der Waals surface area contributed by atoms with Gasteiger partial charge in [0, 0.05) is 50.5 Å². The van der Waals surface area contributed by atoms with Crippen LogP contribution in [-0.2, 0) is 0 Å². The third kappa shape index (κ3) is 4.10. The molecule has 1 fully saturated rings. The Bertz CT molecular complexity index is 472. The minimum atomic E-state index is -1.40. The Morgan fingerprint density at radius 3 is 2.14 bits per heavy atom. The highest BCUT2D eigenvalue weighted by molar-refractivity contribution is 5.85. The number of nitrogens with one attached hydrogen (secondary N) is 1. The molecule has 22 heavy (non-hydrogen) atoms. The Hall–Kier alpha value is -0.890. The lowest BCUT2D eigenvalue weighted by atomic mass is 9.98. The van der Waals surface area contributed by atoms with Gasteiger partial charge in [-0.25, -0.2) is 17.6 Å². The van der Waals surface area contributed by atoms with Crippen LogP contribution >= 0.6 is 12.4 Å². The van der Waals surface area contributed by atoms with Crippen molar-refractivity contribution >= 4 is 12.4 Å². The number of benzene rings is 1. The Labute approximate surface area is 132 Å². The quantitative estimate of drug-likeness (QED) is 0.637. The van der Waals surface area contributed by atoms with E-state index >= 15 is 0 Å². The molecule has 126 valence electrons. The van der Waals surface area contributed by atoms with Gasteiger partial charge < -0.3 is 10.4 Å². The van der Waals surface area contributed by atoms with Crippen LogP contribution in [0.25, 0.3) is 0 Å². The van der Waals surface area contributed by atoms with Gasteiger partial charge in [0.2, 0.25) is 0 Å². The maximum atomic E-state index is 14.0. The number of aliphatic hydroxyl groups is 1. The summed E-state index contributed by atoms with van der Waals surface area (Å²) in [4.78, 5) is 1.78. The van der Waals surface area contributed by atoms with E-state index in [4.69, 9.17) is 5.11 Å². The maximum absolute atomic E-state index is 14.0. The van der Waals surface area contributed by atoms with Crippen molar-refractivity contribution in [1.82, 2.24) is 10.2 Å². The molecule has 8 heteroatoms. The molecule has 0 amide bonds. The third-order valence-electron chi connectivity index (χ3n) is 3.71. The van der Waals surface area contributed by atoms with E-state index in [-0.39, 0.29) is 31.5 Å². The van der Waals surface area contributed by atoms with Crippen molar-refractivity contribution in [3.05, 3.63) is 34.9 Å². The molecule has 1 aromatic rings. The molecule has 1 aromatic carbocycles. The first kappa shape index (κ1) is 19.2. The van der Waals surface area contributed by atoms with Crippen LogP contribution < -0.4 is 5.32 Å². The number of hydrogen-bond acceptors (Lipinski definition) is 3. The second-order valence-electron chi connectivity index (χ2n) is 5.05. The zero-order valence-corrected chi connectivity index (χ0v) is 12.7. The predicted molar refractivity (Wildman–Crippen MR) is 77.0 cm³/mol. The van der Waals surface area contributed by atoms with Crippen molar-refractivity contribution in [1.29, 1.82) is 0 Å². The monoisotopic (exact) mass is 342 g/mol. The minimum absolute atomic E-state index is 0. The Balaban J connectivity index is 0.00000242. The van der Waals surface area contributed by atoms with Crippen molar-refractivity contribution in [3.63, 3.8) is 0 Å². The first-order valence-corrected chi connectivity index (χ1v) is 6.94. The smallest absolute Gasteiger partial charge is 0.166 e. The zero-order chi connectivity index (χ0) is 15.4. The van der Waals surface area contributed by atoms with Crippen LogP contribution in [0.15, 0.2) is 6.07 Å². The lowest BCUT2D eigenvalue weighted by Gasteiger charge is -2.35. The molecule has 0 bridgehead atoms. The van der Waals surface area contributed by atoms with Crippen molar-refractivity contribution in [2.24, 2.45) is 0 Å². The number of rotatable bonds is 5. The van der Waals surface area contributed by atoms with Gasteiger partial charge in [0.1, 0.15) is 0 Å². The Morgan fingerprint density at radius 1 is 1.09 bits per heavy atom. The van der Waals surface area contributed by atoms with Crippen LogP contribution in [0, 0.1) is 23.3 Å². The highest BCUT2D eigenvalue weighted by atomic mass is 35.5. The summed E-state index contributed by atoms with van der Waals surface area (Å²) in [6, 6.07) is -0.570. The van der Waals surface area contributed by atoms with Crippen LogP contribution in [0.5, 0.6) is 0 Å². The van der Waals surface area contributed by atoms with E-state index in [0.29, 0.717) is 32.6 Å². The fourth-order valence-corrected chi connectivity index (χ4v) is 2.67. The SMILES string of the molecule is Cl.OCCC[C@@H](c1c(F)c(F)cc(F)c1F)N1CCNCC1. The molecule has 0 spiro atoms. The highest BCUT2D eigenvalue weighted by Crippen LogP contribution is 2.32. The van der Waals surface area contributed by atoms with E-state index in [2.05, 4.69) is 5.32 Å². The molecule has 1 aliphatic heterocycles. The number of aliphatic hydroxyl groups excluding tert-OH is 1. The normalized spacial score (nSPS) is 17.1. The van der Waals surface area contributed by atoms with E-state index in [1.54, 1.807) is 4.90 Å². The summed E-state index contributed by atoms with van der Waals surface area (Å²) >= 11 is 0. The van der Waals surface area contributed by atoms with Gasteiger partial charge in [-0.05, 0) is 12.8 Å². The standard InChI is InChI=1S/C14H18F4N2O.ClH/c15-9-8-10(16)14(18)12(13(9)17)11(2-1-7-21)20-5-3-19-4-6-20;/h8,11,19,21H,1-7H2;1H/t11-;/m0./s1. The van der Waals surface area contributed by atoms with Gasteiger partial charge in [0.25, 0.3) is 0 Å². The molecule has 1 atom stereocenters. The second-order valence-corrected chi connectivity index (χ2v) is 5.05. The van der Waals surface area contributed by atoms with Crippen LogP contribution in [-0.4, -0.2) is 42.8 Å². The number of piperazine rings is 1. The fourth-order valence-electron chi connectivity index (χ4n) is 2.67. The molecule has 0 saturated carbocycles. The second kappa shape index (κ2) is 8.67. The zero-order valence-electron chi connectivity index (χ0n) is 11.9. The Morgan fingerprint density at radius 2 is 1.64 bits per heavy atom. The van der Waals surface area contributed by atoms with Crippen molar-refractivity contribution in [2.75, 3.05) is 32.8 Å². The van der Waals surface area contributed by atoms with Gasteiger partial charge in [-0.1, -0.05) is 0 Å². The molecule has 0 aliphatic carbocycles. The average Bonchev–Trinajstić information content (AvgIpc) is 2.49. The number of nitrogens with zero attached hydrogens (tertiary/aromatic N) is 1. The molecule has 0 radical (unpaired) electrons. The summed E-state index contributed by atoms with van der Waals surface area (Å²) < 4.78 is 54.8. The summed E-state index contributed by atoms with van der Waals surface area (Å²) in [5, 5.41) is 12.0. The minimum Gasteiger partial charge on any atom is -0.396 e. The molecule has 1 aliphatic rings. The van der Waals surface area contributed by atoms with Gasteiger partial charge >= 0.3 is 0 Å². The molecule has 2 N–H and O–H groups in total. The van der Waals surface area contributed by atoms with E-state index in [1.807, 2.05) is 0 Å². The van der Waals surface area contributed by atoms with E-state index < -0.39 is 34.9 Å². The maximum Gasteiger partial charge on any atom is 0.166 e. The van der Waals surface area contributed by atoms with Crippen LogP contribution in [0.2, 0.25) is 0 Å². The van der Waals surface area contributed by atoms with Gasteiger partial charge in [-0.3, -0.25) is 4.90 Å². The van der Waals surface area contributed by atoms with Crippen LogP contribution in [0.3, 0.4) is 0 Å². The predicted octanol–water partition coefficient (Wildman–Crippen LogP) is 2.38. The summed E-state index contributed by atoms with van der Waals surface area (Å²) in [6.07, 6.45) is 0.527. The summed E-state index contributed by atoms with van der Waals surface area (Å²) in [5.41, 5.74) is -0.581. The van der Waals surface area contributed by atoms with E-state index in [0.717, 1.165) is 0 Å². The molecule has 0 aromatic heterocycles. The molecule has 0 unspecified atom stereocenters. The van der Waals surface area contributed by atoms with E-state index in [1.165, 1.54) is 0 Å². The lowest BCUT2D eigenvalue weighted by Crippen LogP contribution is -2.45. The third-order valence-corrected chi connectivity index (χ3v) is 3.71. The molecule has 2 rings (SSSR count). The topological polar surface area (TPSA) is 35.5 Å². The van der Waals surface area contributed by atoms with E-state index in [9.17, 15) is 17.6 Å². The molecule has 3 nitrogen and oxygen atoms in total. The van der Waals surface area contributed by atoms with Gasteiger partial charge in [0.15, 0.2) is 23.3 Å². The summed E-state index contributed by atoms with van der Waals surface area (Å²) in [6.45, 7) is 2.16. The highest BCUT2D eigenvalue weighted by Gasteiger charge is 2.30. The largest absolute Gasteiger partial charge is 0.396 e. The number of hydrogen-bond donors (Lipinski definition) is 2. The first-order chi connectivity index (χ1) is 10.1. The fraction of sp³-hybridized carbons (Fsp3) is 0.571. The van der Waals surface area contributed by atoms with Crippen LogP contribution in [0.4, 0.5) is 17.6 Å². The molecular formula is C14H19ClF4N2O. The van der Waals surface area contributed by atoms with Crippen molar-refractivity contribution in [2.45, 2.75) is 18.9 Å². The number of halogens is 5. The summed E-state index contributed by atoms with van der Waals surface area (Å²) in [7, 11) is 0. The van der Waals surface area contributed by atoms with Crippen LogP contribution in [0.1, 0.15) is 24.4 Å². The Kier molecular flexibility index (Phi) is 7.55.